The van der Waals surface area contributed by atoms with Gasteiger partial charge >= 0.3 is 7.05 Å². The molecule has 1 aliphatic heterocycles. The second-order valence-corrected chi connectivity index (χ2v) is 6.11. The summed E-state index contributed by atoms with van der Waals surface area (Å²) in [5.41, 5.74) is 1.26. The Morgan fingerprint density at radius 2 is 1.90 bits per heavy atom. The molecule has 5 heteroatoms. The predicted molar refractivity (Wildman–Crippen MR) is 84.0 cm³/mol. The largest absolute Gasteiger partial charge is 0.437 e. The molecule has 0 aliphatic carbocycles. The lowest BCUT2D eigenvalue weighted by atomic mass is 9.75. The Balaban J connectivity index is 2.04. The number of aliphatic hydroxyl groups is 1. The molecule has 1 heterocycles. The fourth-order valence-electron chi connectivity index (χ4n) is 3.22. The Hall–Kier alpha value is -0.545. The van der Waals surface area contributed by atoms with Gasteiger partial charge in [0.05, 0.1) is 0 Å². The van der Waals surface area contributed by atoms with Crippen LogP contribution in [0.1, 0.15) is 30.7 Å². The average Bonchev–Trinajstić information content (AvgIpc) is 2.46. The van der Waals surface area contributed by atoms with E-state index in [1.165, 1.54) is 5.56 Å². The summed E-state index contributed by atoms with van der Waals surface area (Å²) < 4.78 is 0. The maximum Gasteiger partial charge on any atom is 0.376 e. The fraction of sp³-hybridized carbons (Fsp3) is 0.600. The maximum absolute atomic E-state index is 9.62. The molecule has 0 amide bonds. The van der Waals surface area contributed by atoms with Crippen LogP contribution < -0.4 is 0 Å². The lowest BCUT2D eigenvalue weighted by molar-refractivity contribution is 0.196. The Kier molecular flexibility index (Phi) is 5.91. The molecule has 0 spiro atoms. The Labute approximate surface area is 126 Å². The van der Waals surface area contributed by atoms with Crippen molar-refractivity contribution in [3.05, 3.63) is 34.9 Å². The third-order valence-electron chi connectivity index (χ3n) is 4.41. The first-order valence-electron chi connectivity index (χ1n) is 7.40. The van der Waals surface area contributed by atoms with Gasteiger partial charge in [-0.05, 0) is 68.7 Å². The van der Waals surface area contributed by atoms with Gasteiger partial charge in [-0.3, -0.25) is 0 Å². The summed E-state index contributed by atoms with van der Waals surface area (Å²) in [5.74, 6) is 0.951. The molecule has 1 unspecified atom stereocenters. The highest BCUT2D eigenvalue weighted by Gasteiger charge is 2.29. The van der Waals surface area contributed by atoms with Gasteiger partial charge in [-0.25, -0.2) is 0 Å². The van der Waals surface area contributed by atoms with E-state index in [9.17, 15) is 10.1 Å². The van der Waals surface area contributed by atoms with Crippen LogP contribution in [0.3, 0.4) is 0 Å². The average molecular weight is 296 g/mol. The minimum atomic E-state index is -0.359. The van der Waals surface area contributed by atoms with E-state index in [1.807, 2.05) is 19.0 Å². The van der Waals surface area contributed by atoms with Crippen LogP contribution in [0.4, 0.5) is 0 Å². The second kappa shape index (κ2) is 7.46. The molecule has 20 heavy (non-hydrogen) atoms. The van der Waals surface area contributed by atoms with Crippen molar-refractivity contribution in [1.82, 2.24) is 4.81 Å². The number of piperidine rings is 1. The topological polar surface area (TPSA) is 43.7 Å². The summed E-state index contributed by atoms with van der Waals surface area (Å²) in [6.07, 6.45) is 2.93. The fourth-order valence-corrected chi connectivity index (χ4v) is 3.35. The molecule has 2 N–H and O–H groups in total. The van der Waals surface area contributed by atoms with Gasteiger partial charge in [0.25, 0.3) is 0 Å². The molecule has 1 fully saturated rings. The normalized spacial score (nSPS) is 19.0. The third kappa shape index (κ3) is 3.98. The van der Waals surface area contributed by atoms with Crippen molar-refractivity contribution < 1.29 is 10.1 Å². The van der Waals surface area contributed by atoms with Gasteiger partial charge in [-0.15, -0.1) is 0 Å². The molecule has 1 aromatic carbocycles. The molecule has 1 aromatic rings. The molecule has 0 radical (unpaired) electrons. The Morgan fingerprint density at radius 3 is 2.40 bits per heavy atom. The van der Waals surface area contributed by atoms with Crippen LogP contribution in [0, 0.1) is 5.92 Å². The van der Waals surface area contributed by atoms with Crippen LogP contribution in [-0.2, 0) is 0 Å². The summed E-state index contributed by atoms with van der Waals surface area (Å²) >= 11 is 5.95. The van der Waals surface area contributed by atoms with Crippen LogP contribution in [0.5, 0.6) is 0 Å². The first-order chi connectivity index (χ1) is 9.61. The lowest BCUT2D eigenvalue weighted by Crippen LogP contribution is -2.43. The van der Waals surface area contributed by atoms with Crippen molar-refractivity contribution >= 4 is 18.7 Å². The number of benzene rings is 1. The van der Waals surface area contributed by atoms with Crippen LogP contribution in [-0.4, -0.2) is 41.7 Å². The van der Waals surface area contributed by atoms with Crippen LogP contribution in [0.25, 0.3) is 0 Å². The highest BCUT2D eigenvalue weighted by atomic mass is 35.5. The highest BCUT2D eigenvalue weighted by molar-refractivity contribution is 6.45. The SMILES string of the molecule is CB(O)N1CCC(C(CCO)c2ccc(Cl)cc2)CC1. The zero-order chi connectivity index (χ0) is 14.5. The molecule has 0 bridgehead atoms. The van der Waals surface area contributed by atoms with Crippen molar-refractivity contribution in [2.75, 3.05) is 19.7 Å². The van der Waals surface area contributed by atoms with E-state index in [-0.39, 0.29) is 13.7 Å². The van der Waals surface area contributed by atoms with E-state index in [4.69, 9.17) is 11.6 Å². The van der Waals surface area contributed by atoms with Gasteiger partial charge in [-0.1, -0.05) is 23.7 Å². The lowest BCUT2D eigenvalue weighted by Gasteiger charge is -2.36. The second-order valence-electron chi connectivity index (χ2n) is 5.68. The minimum absolute atomic E-state index is 0.212. The van der Waals surface area contributed by atoms with E-state index in [0.29, 0.717) is 11.8 Å². The zero-order valence-electron chi connectivity index (χ0n) is 12.0. The van der Waals surface area contributed by atoms with Crippen LogP contribution in [0.15, 0.2) is 24.3 Å². The van der Waals surface area contributed by atoms with Crippen LogP contribution >= 0.6 is 11.6 Å². The first-order valence-corrected chi connectivity index (χ1v) is 7.78. The van der Waals surface area contributed by atoms with Crippen molar-refractivity contribution in [2.24, 2.45) is 5.92 Å². The van der Waals surface area contributed by atoms with E-state index < -0.39 is 0 Å². The van der Waals surface area contributed by atoms with E-state index in [0.717, 1.165) is 37.4 Å². The van der Waals surface area contributed by atoms with Crippen molar-refractivity contribution in [3.63, 3.8) is 0 Å². The molecule has 0 aromatic heterocycles. The zero-order valence-corrected chi connectivity index (χ0v) is 12.8. The van der Waals surface area contributed by atoms with Gasteiger partial charge < -0.3 is 14.9 Å². The number of nitrogens with zero attached hydrogens (tertiary/aromatic N) is 1. The maximum atomic E-state index is 9.62. The van der Waals surface area contributed by atoms with Gasteiger partial charge in [0.1, 0.15) is 0 Å². The minimum Gasteiger partial charge on any atom is -0.437 e. The van der Waals surface area contributed by atoms with Crippen molar-refractivity contribution in [1.29, 1.82) is 0 Å². The third-order valence-corrected chi connectivity index (χ3v) is 4.66. The molecule has 3 nitrogen and oxygen atoms in total. The van der Waals surface area contributed by atoms with Crippen molar-refractivity contribution in [2.45, 2.75) is 32.0 Å². The predicted octanol–water partition coefficient (Wildman–Crippen LogP) is 2.63. The van der Waals surface area contributed by atoms with Gasteiger partial charge in [0.15, 0.2) is 0 Å². The molecule has 1 saturated heterocycles. The monoisotopic (exact) mass is 295 g/mol. The number of rotatable bonds is 5. The summed E-state index contributed by atoms with van der Waals surface area (Å²) in [6, 6.07) is 7.99. The highest BCUT2D eigenvalue weighted by Crippen LogP contribution is 2.35. The van der Waals surface area contributed by atoms with E-state index in [1.54, 1.807) is 0 Å². The van der Waals surface area contributed by atoms with Gasteiger partial charge in [-0.2, -0.15) is 0 Å². The van der Waals surface area contributed by atoms with Crippen molar-refractivity contribution in [3.8, 4) is 0 Å². The molecule has 1 atom stereocenters. The summed E-state index contributed by atoms with van der Waals surface area (Å²) in [4.78, 5) is 2.11. The smallest absolute Gasteiger partial charge is 0.376 e. The van der Waals surface area contributed by atoms with E-state index >= 15 is 0 Å². The number of aliphatic hydroxyl groups excluding tert-OH is 1. The van der Waals surface area contributed by atoms with E-state index in [2.05, 4.69) is 16.9 Å². The number of halogens is 1. The molecular formula is C15H23BClNO2. The summed E-state index contributed by atoms with van der Waals surface area (Å²) in [5, 5.41) is 19.7. The van der Waals surface area contributed by atoms with Gasteiger partial charge in [0, 0.05) is 11.6 Å². The molecule has 0 saturated carbocycles. The van der Waals surface area contributed by atoms with Crippen LogP contribution in [0.2, 0.25) is 11.8 Å². The molecule has 110 valence electrons. The molecular weight excluding hydrogens is 272 g/mol. The molecule has 2 rings (SSSR count). The summed E-state index contributed by atoms with van der Waals surface area (Å²) in [6.45, 7) is 3.89. The van der Waals surface area contributed by atoms with Gasteiger partial charge in [0.2, 0.25) is 0 Å². The number of hydrogen-bond acceptors (Lipinski definition) is 3. The quantitative estimate of drug-likeness (QED) is 0.821. The Bertz CT molecular complexity index is 405. The number of hydrogen-bond donors (Lipinski definition) is 2. The first kappa shape index (κ1) is 15.8. The molecule has 1 aliphatic rings. The Morgan fingerprint density at radius 1 is 1.30 bits per heavy atom. The summed E-state index contributed by atoms with van der Waals surface area (Å²) in [7, 11) is -0.359. The standard InChI is InChI=1S/C15H23BClNO2/c1-16(20)18-9-6-13(7-10-18)15(8-11-19)12-2-4-14(17)5-3-12/h2-5,13,15,19-20H,6-11H2,1H3.